The molecule has 1 saturated heterocycles. The minimum atomic E-state index is -0.467. The van der Waals surface area contributed by atoms with Crippen molar-refractivity contribution < 1.29 is 19.4 Å². The van der Waals surface area contributed by atoms with Crippen LogP contribution in [0.15, 0.2) is 0 Å². The van der Waals surface area contributed by atoms with Crippen molar-refractivity contribution >= 4 is 6.09 Å². The second-order valence-electron chi connectivity index (χ2n) is 6.66. The quantitative estimate of drug-likeness (QED) is 0.731. The number of hydrogen-bond acceptors (Lipinski definition) is 4. The summed E-state index contributed by atoms with van der Waals surface area (Å²) in [6.45, 7) is 7.33. The summed E-state index contributed by atoms with van der Waals surface area (Å²) in [5.74, 6) is 0. The van der Waals surface area contributed by atoms with Crippen LogP contribution >= 0.6 is 0 Å². The minimum absolute atomic E-state index is 0.217. The van der Waals surface area contributed by atoms with Gasteiger partial charge in [-0.25, -0.2) is 4.79 Å². The van der Waals surface area contributed by atoms with Crippen LogP contribution in [-0.2, 0) is 9.47 Å². The third kappa shape index (κ3) is 3.83. The fourth-order valence-corrected chi connectivity index (χ4v) is 2.76. The van der Waals surface area contributed by atoms with Crippen molar-refractivity contribution in [2.45, 2.75) is 63.8 Å². The molecular weight excluding hydrogens is 246 g/mol. The highest BCUT2D eigenvalue weighted by Crippen LogP contribution is 2.34. The van der Waals surface area contributed by atoms with Crippen molar-refractivity contribution in [2.24, 2.45) is 0 Å². The molecule has 1 aliphatic carbocycles. The number of carbonyl (C=O) groups excluding carboxylic acids is 1. The molecule has 2 aliphatic rings. The summed E-state index contributed by atoms with van der Waals surface area (Å²) >= 11 is 0. The SMILES string of the molecule is CC(C)(C)OC(=O)N1CCOC2(CCC(O)CC2)C1. The lowest BCUT2D eigenvalue weighted by atomic mass is 9.82. The Bertz CT molecular complexity index is 329. The van der Waals surface area contributed by atoms with Crippen LogP contribution in [0.2, 0.25) is 0 Å². The zero-order valence-electron chi connectivity index (χ0n) is 12.1. The number of amides is 1. The van der Waals surface area contributed by atoms with Gasteiger partial charge in [0, 0.05) is 6.54 Å². The van der Waals surface area contributed by atoms with E-state index >= 15 is 0 Å². The molecule has 110 valence electrons. The summed E-state index contributed by atoms with van der Waals surface area (Å²) in [5, 5.41) is 9.59. The van der Waals surface area contributed by atoms with Crippen molar-refractivity contribution in [1.29, 1.82) is 0 Å². The maximum absolute atomic E-state index is 12.1. The molecule has 0 aromatic rings. The summed E-state index contributed by atoms with van der Waals surface area (Å²) in [6.07, 6.45) is 2.65. The van der Waals surface area contributed by atoms with Crippen LogP contribution in [0, 0.1) is 0 Å². The third-order valence-electron chi connectivity index (χ3n) is 3.77. The highest BCUT2D eigenvalue weighted by Gasteiger charge is 2.41. The summed E-state index contributed by atoms with van der Waals surface area (Å²) in [5.41, 5.74) is -0.736. The van der Waals surface area contributed by atoms with E-state index in [1.54, 1.807) is 4.90 Å². The van der Waals surface area contributed by atoms with E-state index in [-0.39, 0.29) is 17.8 Å². The lowest BCUT2D eigenvalue weighted by Gasteiger charge is -2.45. The fourth-order valence-electron chi connectivity index (χ4n) is 2.76. The van der Waals surface area contributed by atoms with E-state index < -0.39 is 5.60 Å². The molecule has 1 amide bonds. The zero-order chi connectivity index (χ0) is 14.1. The molecule has 0 aromatic heterocycles. The number of aliphatic hydroxyl groups is 1. The molecule has 0 unspecified atom stereocenters. The molecular formula is C14H25NO4. The third-order valence-corrected chi connectivity index (χ3v) is 3.77. The molecule has 1 spiro atoms. The molecule has 1 saturated carbocycles. The number of morpholine rings is 1. The van der Waals surface area contributed by atoms with E-state index in [2.05, 4.69) is 0 Å². The molecule has 1 N–H and O–H groups in total. The van der Waals surface area contributed by atoms with Gasteiger partial charge in [0.25, 0.3) is 0 Å². The van der Waals surface area contributed by atoms with Crippen LogP contribution in [0.5, 0.6) is 0 Å². The van der Waals surface area contributed by atoms with Crippen LogP contribution in [0.3, 0.4) is 0 Å². The van der Waals surface area contributed by atoms with Gasteiger partial charge >= 0.3 is 6.09 Å². The molecule has 0 radical (unpaired) electrons. The van der Waals surface area contributed by atoms with Gasteiger partial charge in [-0.1, -0.05) is 0 Å². The van der Waals surface area contributed by atoms with E-state index in [1.165, 1.54) is 0 Å². The van der Waals surface area contributed by atoms with Crippen molar-refractivity contribution in [1.82, 2.24) is 4.90 Å². The van der Waals surface area contributed by atoms with E-state index in [1.807, 2.05) is 20.8 Å². The summed E-state index contributed by atoms with van der Waals surface area (Å²) in [4.78, 5) is 13.8. The topological polar surface area (TPSA) is 59.0 Å². The predicted octanol–water partition coefficient (Wildman–Crippen LogP) is 1.93. The van der Waals surface area contributed by atoms with Gasteiger partial charge in [-0.05, 0) is 46.5 Å². The number of rotatable bonds is 0. The molecule has 5 nitrogen and oxygen atoms in total. The number of hydrogen-bond donors (Lipinski definition) is 1. The summed E-state index contributed by atoms with van der Waals surface area (Å²) < 4.78 is 11.3. The zero-order valence-corrected chi connectivity index (χ0v) is 12.1. The second kappa shape index (κ2) is 5.29. The summed E-state index contributed by atoms with van der Waals surface area (Å²) in [6, 6.07) is 0. The first-order chi connectivity index (χ1) is 8.80. The Morgan fingerprint density at radius 2 is 2.00 bits per heavy atom. The van der Waals surface area contributed by atoms with E-state index in [0.717, 1.165) is 25.7 Å². The first kappa shape index (κ1) is 14.6. The average Bonchev–Trinajstić information content (AvgIpc) is 2.32. The highest BCUT2D eigenvalue weighted by molar-refractivity contribution is 5.68. The Balaban J connectivity index is 1.95. The van der Waals surface area contributed by atoms with Gasteiger partial charge in [0.05, 0.1) is 24.9 Å². The second-order valence-corrected chi connectivity index (χ2v) is 6.66. The predicted molar refractivity (Wildman–Crippen MR) is 71.0 cm³/mol. The molecule has 0 atom stereocenters. The minimum Gasteiger partial charge on any atom is -0.444 e. The fraction of sp³-hybridized carbons (Fsp3) is 0.929. The average molecular weight is 271 g/mol. The number of ether oxygens (including phenoxy) is 2. The molecule has 1 heterocycles. The van der Waals surface area contributed by atoms with Crippen molar-refractivity contribution in [2.75, 3.05) is 19.7 Å². The number of nitrogens with zero attached hydrogens (tertiary/aromatic N) is 1. The van der Waals surface area contributed by atoms with Gasteiger partial charge in [0.15, 0.2) is 0 Å². The first-order valence-corrected chi connectivity index (χ1v) is 7.10. The Hall–Kier alpha value is -0.810. The van der Waals surface area contributed by atoms with Gasteiger partial charge in [0.1, 0.15) is 5.60 Å². The molecule has 0 bridgehead atoms. The maximum atomic E-state index is 12.1. The normalized spacial score (nSPS) is 32.4. The van der Waals surface area contributed by atoms with E-state index in [9.17, 15) is 9.90 Å². The van der Waals surface area contributed by atoms with Gasteiger partial charge in [-0.2, -0.15) is 0 Å². The van der Waals surface area contributed by atoms with Gasteiger partial charge in [-0.15, -0.1) is 0 Å². The smallest absolute Gasteiger partial charge is 0.410 e. The van der Waals surface area contributed by atoms with Crippen molar-refractivity contribution in [3.8, 4) is 0 Å². The monoisotopic (exact) mass is 271 g/mol. The Labute approximate surface area is 114 Å². The Morgan fingerprint density at radius 3 is 2.58 bits per heavy atom. The van der Waals surface area contributed by atoms with Crippen LogP contribution in [-0.4, -0.2) is 53.1 Å². The van der Waals surface area contributed by atoms with Crippen molar-refractivity contribution in [3.05, 3.63) is 0 Å². The van der Waals surface area contributed by atoms with Gasteiger partial charge < -0.3 is 19.5 Å². The largest absolute Gasteiger partial charge is 0.444 e. The highest BCUT2D eigenvalue weighted by atomic mass is 16.6. The first-order valence-electron chi connectivity index (χ1n) is 7.10. The van der Waals surface area contributed by atoms with Gasteiger partial charge in [0.2, 0.25) is 0 Å². The van der Waals surface area contributed by atoms with E-state index in [4.69, 9.17) is 9.47 Å². The molecule has 19 heavy (non-hydrogen) atoms. The lowest BCUT2D eigenvalue weighted by molar-refractivity contribution is -0.136. The van der Waals surface area contributed by atoms with Crippen molar-refractivity contribution in [3.63, 3.8) is 0 Å². The number of carbonyl (C=O) groups is 1. The Morgan fingerprint density at radius 1 is 1.37 bits per heavy atom. The molecule has 0 aromatic carbocycles. The van der Waals surface area contributed by atoms with Crippen LogP contribution in [0.25, 0.3) is 0 Å². The molecule has 1 aliphatic heterocycles. The van der Waals surface area contributed by atoms with E-state index in [0.29, 0.717) is 19.7 Å². The van der Waals surface area contributed by atoms with Crippen LogP contribution < -0.4 is 0 Å². The van der Waals surface area contributed by atoms with Gasteiger partial charge in [-0.3, -0.25) is 0 Å². The van der Waals surface area contributed by atoms with Crippen LogP contribution in [0.4, 0.5) is 4.79 Å². The maximum Gasteiger partial charge on any atom is 0.410 e. The van der Waals surface area contributed by atoms with Crippen LogP contribution in [0.1, 0.15) is 46.5 Å². The molecule has 2 fully saturated rings. The molecule has 5 heteroatoms. The standard InChI is InChI=1S/C14H25NO4/c1-13(2,3)19-12(17)15-8-9-18-14(10-15)6-4-11(16)5-7-14/h11,16H,4-10H2,1-3H3. The molecule has 2 rings (SSSR count). The lowest BCUT2D eigenvalue weighted by Crippen LogP contribution is -2.56. The Kier molecular flexibility index (Phi) is 4.06. The number of aliphatic hydroxyl groups excluding tert-OH is 1. The summed E-state index contributed by atoms with van der Waals surface area (Å²) in [7, 11) is 0.